The quantitative estimate of drug-likeness (QED) is 0.801. The first-order valence-corrected chi connectivity index (χ1v) is 6.92. The lowest BCUT2D eigenvalue weighted by Gasteiger charge is -2.32. The van der Waals surface area contributed by atoms with Crippen LogP contribution in [0.5, 0.6) is 5.75 Å². The standard InChI is InChI=1S/C15H21NO3/c17-15(18)14-9-4-5-10-16(14)11-6-12-19-13-7-2-1-3-8-13/h1-3,7-8,14H,4-6,9-12H2,(H,17,18)/t14-/m1/s1. The first-order valence-electron chi connectivity index (χ1n) is 6.92. The lowest BCUT2D eigenvalue weighted by atomic mass is 10.0. The Bertz CT molecular complexity index is 394. The summed E-state index contributed by atoms with van der Waals surface area (Å²) in [5.41, 5.74) is 0. The van der Waals surface area contributed by atoms with Crippen molar-refractivity contribution < 1.29 is 14.6 Å². The van der Waals surface area contributed by atoms with Gasteiger partial charge >= 0.3 is 5.97 Å². The van der Waals surface area contributed by atoms with Gasteiger partial charge in [-0.1, -0.05) is 24.6 Å². The van der Waals surface area contributed by atoms with Gasteiger partial charge in [0.05, 0.1) is 6.61 Å². The first-order chi connectivity index (χ1) is 9.27. The van der Waals surface area contributed by atoms with Crippen LogP contribution in [-0.2, 0) is 4.79 Å². The van der Waals surface area contributed by atoms with E-state index in [0.717, 1.165) is 44.5 Å². The lowest BCUT2D eigenvalue weighted by Crippen LogP contribution is -2.45. The predicted octanol–water partition coefficient (Wildman–Crippen LogP) is 2.39. The maximum Gasteiger partial charge on any atom is 0.320 e. The second kappa shape index (κ2) is 7.14. The molecule has 4 nitrogen and oxygen atoms in total. The number of carboxylic acids is 1. The molecule has 0 amide bonds. The van der Waals surface area contributed by atoms with Gasteiger partial charge in [-0.2, -0.15) is 0 Å². The maximum atomic E-state index is 11.1. The Labute approximate surface area is 114 Å². The largest absolute Gasteiger partial charge is 0.494 e. The number of ether oxygens (including phenoxy) is 1. The topological polar surface area (TPSA) is 49.8 Å². The number of likely N-dealkylation sites (tertiary alicyclic amines) is 1. The second-order valence-electron chi connectivity index (χ2n) is 4.90. The Morgan fingerprint density at radius 3 is 2.84 bits per heavy atom. The molecule has 1 aliphatic rings. The number of rotatable bonds is 6. The molecule has 1 atom stereocenters. The zero-order chi connectivity index (χ0) is 13.5. The number of benzene rings is 1. The molecule has 2 rings (SSSR count). The van der Waals surface area contributed by atoms with E-state index in [9.17, 15) is 9.90 Å². The molecule has 104 valence electrons. The number of nitrogens with zero attached hydrogens (tertiary/aromatic N) is 1. The molecule has 0 bridgehead atoms. The average Bonchev–Trinajstić information content (AvgIpc) is 2.45. The fraction of sp³-hybridized carbons (Fsp3) is 0.533. The summed E-state index contributed by atoms with van der Waals surface area (Å²) in [6.45, 7) is 2.32. The molecule has 1 saturated heterocycles. The van der Waals surface area contributed by atoms with Gasteiger partial charge in [0.2, 0.25) is 0 Å². The number of hydrogen-bond acceptors (Lipinski definition) is 3. The second-order valence-corrected chi connectivity index (χ2v) is 4.90. The van der Waals surface area contributed by atoms with Crippen molar-refractivity contribution in [1.82, 2.24) is 4.90 Å². The van der Waals surface area contributed by atoms with Crippen molar-refractivity contribution >= 4 is 5.97 Å². The minimum Gasteiger partial charge on any atom is -0.494 e. The molecular weight excluding hydrogens is 242 g/mol. The number of aliphatic carboxylic acids is 1. The summed E-state index contributed by atoms with van der Waals surface area (Å²) in [5.74, 6) is 0.180. The van der Waals surface area contributed by atoms with Crippen LogP contribution in [0.3, 0.4) is 0 Å². The molecular formula is C15H21NO3. The zero-order valence-electron chi connectivity index (χ0n) is 11.1. The van der Waals surface area contributed by atoms with E-state index in [1.807, 2.05) is 30.3 Å². The fourth-order valence-corrected chi connectivity index (χ4v) is 2.51. The number of piperidine rings is 1. The van der Waals surface area contributed by atoms with Gasteiger partial charge in [-0.25, -0.2) is 0 Å². The number of carboxylic acid groups (broad SMARTS) is 1. The Hall–Kier alpha value is -1.55. The Balaban J connectivity index is 1.71. The SMILES string of the molecule is O=C(O)[C@H]1CCCCN1CCCOc1ccccc1. The molecule has 0 saturated carbocycles. The van der Waals surface area contributed by atoms with Gasteiger partial charge in [0, 0.05) is 6.54 Å². The van der Waals surface area contributed by atoms with Crippen LogP contribution in [-0.4, -0.2) is 41.7 Å². The summed E-state index contributed by atoms with van der Waals surface area (Å²) in [7, 11) is 0. The molecule has 1 fully saturated rings. The van der Waals surface area contributed by atoms with Gasteiger partial charge in [0.25, 0.3) is 0 Å². The summed E-state index contributed by atoms with van der Waals surface area (Å²) >= 11 is 0. The highest BCUT2D eigenvalue weighted by Crippen LogP contribution is 2.17. The van der Waals surface area contributed by atoms with E-state index in [4.69, 9.17) is 4.74 Å². The summed E-state index contributed by atoms with van der Waals surface area (Å²) in [4.78, 5) is 13.2. The number of carbonyl (C=O) groups is 1. The summed E-state index contributed by atoms with van der Waals surface area (Å²) in [6, 6.07) is 9.41. The molecule has 0 aliphatic carbocycles. The van der Waals surface area contributed by atoms with Crippen LogP contribution in [0.4, 0.5) is 0 Å². The van der Waals surface area contributed by atoms with Crippen LogP contribution in [0.25, 0.3) is 0 Å². The highest BCUT2D eigenvalue weighted by Gasteiger charge is 2.27. The Morgan fingerprint density at radius 2 is 2.11 bits per heavy atom. The molecule has 1 aromatic carbocycles. The normalized spacial score (nSPS) is 20.1. The summed E-state index contributed by atoms with van der Waals surface area (Å²) < 4.78 is 5.62. The molecule has 1 heterocycles. The zero-order valence-corrected chi connectivity index (χ0v) is 11.1. The van der Waals surface area contributed by atoms with Crippen molar-refractivity contribution in [1.29, 1.82) is 0 Å². The van der Waals surface area contributed by atoms with Gasteiger partial charge in [0.15, 0.2) is 0 Å². The summed E-state index contributed by atoms with van der Waals surface area (Å²) in [6.07, 6.45) is 3.75. The summed E-state index contributed by atoms with van der Waals surface area (Å²) in [5, 5.41) is 9.17. The van der Waals surface area contributed by atoms with Crippen molar-refractivity contribution in [2.24, 2.45) is 0 Å². The Kier molecular flexibility index (Phi) is 5.21. The molecule has 0 aromatic heterocycles. The van der Waals surface area contributed by atoms with Gasteiger partial charge < -0.3 is 9.84 Å². The van der Waals surface area contributed by atoms with E-state index in [1.165, 1.54) is 0 Å². The smallest absolute Gasteiger partial charge is 0.320 e. The third-order valence-electron chi connectivity index (χ3n) is 3.50. The van der Waals surface area contributed by atoms with Crippen LogP contribution in [0.1, 0.15) is 25.7 Å². The molecule has 0 radical (unpaired) electrons. The van der Waals surface area contributed by atoms with E-state index in [-0.39, 0.29) is 6.04 Å². The lowest BCUT2D eigenvalue weighted by molar-refractivity contribution is -0.144. The van der Waals surface area contributed by atoms with Crippen LogP contribution >= 0.6 is 0 Å². The van der Waals surface area contributed by atoms with Crippen LogP contribution in [0.15, 0.2) is 30.3 Å². The van der Waals surface area contributed by atoms with Crippen molar-refractivity contribution in [2.75, 3.05) is 19.7 Å². The van der Waals surface area contributed by atoms with Crippen LogP contribution in [0.2, 0.25) is 0 Å². The molecule has 0 spiro atoms. The molecule has 0 unspecified atom stereocenters. The highest BCUT2D eigenvalue weighted by molar-refractivity contribution is 5.73. The molecule has 19 heavy (non-hydrogen) atoms. The third-order valence-corrected chi connectivity index (χ3v) is 3.50. The van der Waals surface area contributed by atoms with Gasteiger partial charge in [0.1, 0.15) is 11.8 Å². The predicted molar refractivity (Wildman–Crippen MR) is 73.4 cm³/mol. The minimum absolute atomic E-state index is 0.300. The first kappa shape index (κ1) is 13.9. The molecule has 4 heteroatoms. The monoisotopic (exact) mass is 263 g/mol. The van der Waals surface area contributed by atoms with Crippen LogP contribution < -0.4 is 4.74 Å². The van der Waals surface area contributed by atoms with Crippen molar-refractivity contribution in [3.05, 3.63) is 30.3 Å². The highest BCUT2D eigenvalue weighted by atomic mass is 16.5. The number of hydrogen-bond donors (Lipinski definition) is 1. The van der Waals surface area contributed by atoms with Crippen molar-refractivity contribution in [2.45, 2.75) is 31.7 Å². The minimum atomic E-state index is -0.691. The molecule has 1 aromatic rings. The van der Waals surface area contributed by atoms with Crippen molar-refractivity contribution in [3.63, 3.8) is 0 Å². The molecule has 1 N–H and O–H groups in total. The maximum absolute atomic E-state index is 11.1. The van der Waals surface area contributed by atoms with Gasteiger partial charge in [-0.3, -0.25) is 9.69 Å². The van der Waals surface area contributed by atoms with Crippen LogP contribution in [0, 0.1) is 0 Å². The van der Waals surface area contributed by atoms with E-state index in [2.05, 4.69) is 4.90 Å². The van der Waals surface area contributed by atoms with E-state index >= 15 is 0 Å². The average molecular weight is 263 g/mol. The van der Waals surface area contributed by atoms with E-state index < -0.39 is 5.97 Å². The Morgan fingerprint density at radius 1 is 1.32 bits per heavy atom. The third kappa shape index (κ3) is 4.24. The van der Waals surface area contributed by atoms with Crippen molar-refractivity contribution in [3.8, 4) is 5.75 Å². The fourth-order valence-electron chi connectivity index (χ4n) is 2.51. The number of para-hydroxylation sites is 1. The van der Waals surface area contributed by atoms with E-state index in [0.29, 0.717) is 6.61 Å². The van der Waals surface area contributed by atoms with Gasteiger partial charge in [-0.05, 0) is 37.9 Å². The molecule has 1 aliphatic heterocycles. The van der Waals surface area contributed by atoms with E-state index in [1.54, 1.807) is 0 Å². The van der Waals surface area contributed by atoms with Gasteiger partial charge in [-0.15, -0.1) is 0 Å².